The summed E-state index contributed by atoms with van der Waals surface area (Å²) in [5, 5.41) is 3.43. The molecule has 1 N–H and O–H groups in total. The first-order valence-electron chi connectivity index (χ1n) is 6.91. The molecule has 104 valence electrons. The van der Waals surface area contributed by atoms with Gasteiger partial charge in [-0.1, -0.05) is 30.3 Å². The Labute approximate surface area is 118 Å². The van der Waals surface area contributed by atoms with E-state index >= 15 is 0 Å². The Hall–Kier alpha value is -2.03. The van der Waals surface area contributed by atoms with Gasteiger partial charge in [-0.05, 0) is 36.5 Å². The number of hydrogen-bond donors (Lipinski definition) is 1. The lowest BCUT2D eigenvalue weighted by molar-refractivity contribution is 0.369. The second-order valence-electron chi connectivity index (χ2n) is 5.26. The molecule has 0 aliphatic heterocycles. The van der Waals surface area contributed by atoms with E-state index in [2.05, 4.69) is 29.6 Å². The Balaban J connectivity index is 1.62. The molecule has 1 saturated carbocycles. The number of halogens is 1. The van der Waals surface area contributed by atoms with Gasteiger partial charge in [0.25, 0.3) is 0 Å². The highest BCUT2D eigenvalue weighted by molar-refractivity contribution is 5.57. The lowest BCUT2D eigenvalue weighted by Gasteiger charge is -2.37. The van der Waals surface area contributed by atoms with E-state index in [1.807, 2.05) is 6.07 Å². The number of rotatable bonds is 4. The monoisotopic (exact) mass is 271 g/mol. The van der Waals surface area contributed by atoms with Crippen molar-refractivity contribution in [3.05, 3.63) is 59.9 Å². The van der Waals surface area contributed by atoms with Gasteiger partial charge < -0.3 is 10.1 Å². The highest BCUT2D eigenvalue weighted by atomic mass is 19.1. The van der Waals surface area contributed by atoms with Crippen LogP contribution in [0.3, 0.4) is 0 Å². The molecule has 0 spiro atoms. The van der Waals surface area contributed by atoms with Crippen LogP contribution >= 0.6 is 0 Å². The normalized spacial score (nSPS) is 21.1. The maximum absolute atomic E-state index is 13.1. The molecular weight excluding hydrogens is 253 g/mol. The lowest BCUT2D eigenvalue weighted by Crippen LogP contribution is -2.34. The van der Waals surface area contributed by atoms with Crippen LogP contribution in [0.5, 0.6) is 5.75 Å². The van der Waals surface area contributed by atoms with Crippen LogP contribution in [0.4, 0.5) is 10.1 Å². The quantitative estimate of drug-likeness (QED) is 0.900. The average molecular weight is 271 g/mol. The van der Waals surface area contributed by atoms with Gasteiger partial charge in [-0.2, -0.15) is 0 Å². The Morgan fingerprint density at radius 2 is 1.85 bits per heavy atom. The van der Waals surface area contributed by atoms with Crippen LogP contribution in [0.15, 0.2) is 48.5 Å². The first-order chi connectivity index (χ1) is 9.76. The van der Waals surface area contributed by atoms with Crippen molar-refractivity contribution in [3.63, 3.8) is 0 Å². The highest BCUT2D eigenvalue weighted by Gasteiger charge is 2.30. The van der Waals surface area contributed by atoms with Gasteiger partial charge in [0, 0.05) is 12.1 Å². The zero-order chi connectivity index (χ0) is 13.9. The molecule has 2 aromatic rings. The SMILES string of the molecule is COc1cc(F)ccc1NC1CC(c2ccccc2)C1. The molecule has 1 fully saturated rings. The summed E-state index contributed by atoms with van der Waals surface area (Å²) in [6.45, 7) is 0. The smallest absolute Gasteiger partial charge is 0.144 e. The van der Waals surface area contributed by atoms with E-state index in [0.29, 0.717) is 17.7 Å². The van der Waals surface area contributed by atoms with E-state index in [0.717, 1.165) is 18.5 Å². The predicted octanol–water partition coefficient (Wildman–Crippen LogP) is 4.19. The second kappa shape index (κ2) is 5.53. The summed E-state index contributed by atoms with van der Waals surface area (Å²) in [6.07, 6.45) is 2.20. The molecule has 0 radical (unpaired) electrons. The van der Waals surface area contributed by atoms with Gasteiger partial charge in [-0.15, -0.1) is 0 Å². The molecule has 20 heavy (non-hydrogen) atoms. The van der Waals surface area contributed by atoms with E-state index in [1.165, 1.54) is 17.7 Å². The number of nitrogens with one attached hydrogen (secondary N) is 1. The number of hydrogen-bond acceptors (Lipinski definition) is 2. The summed E-state index contributed by atoms with van der Waals surface area (Å²) in [5.41, 5.74) is 2.27. The minimum Gasteiger partial charge on any atom is -0.494 e. The fourth-order valence-electron chi connectivity index (χ4n) is 2.74. The van der Waals surface area contributed by atoms with Gasteiger partial charge in [-0.25, -0.2) is 4.39 Å². The van der Waals surface area contributed by atoms with Crippen molar-refractivity contribution in [3.8, 4) is 5.75 Å². The average Bonchev–Trinajstić information content (AvgIpc) is 2.44. The predicted molar refractivity (Wildman–Crippen MR) is 78.8 cm³/mol. The molecule has 1 aliphatic rings. The molecule has 3 rings (SSSR count). The largest absolute Gasteiger partial charge is 0.494 e. The lowest BCUT2D eigenvalue weighted by atomic mass is 9.76. The zero-order valence-electron chi connectivity index (χ0n) is 11.5. The Bertz CT molecular complexity index is 579. The van der Waals surface area contributed by atoms with Gasteiger partial charge in [0.05, 0.1) is 12.8 Å². The molecule has 2 nitrogen and oxygen atoms in total. The summed E-state index contributed by atoms with van der Waals surface area (Å²) in [5.74, 6) is 0.913. The standard InChI is InChI=1S/C17H18FNO/c1-20-17-11-14(18)7-8-16(17)19-15-9-13(10-15)12-5-3-2-4-6-12/h2-8,11,13,15,19H,9-10H2,1H3. The molecule has 0 saturated heterocycles. The van der Waals surface area contributed by atoms with Crippen LogP contribution in [0.25, 0.3) is 0 Å². The summed E-state index contributed by atoms with van der Waals surface area (Å²) in [4.78, 5) is 0. The fourth-order valence-corrected chi connectivity index (χ4v) is 2.74. The molecule has 0 atom stereocenters. The van der Waals surface area contributed by atoms with Gasteiger partial charge in [0.15, 0.2) is 0 Å². The van der Waals surface area contributed by atoms with E-state index in [-0.39, 0.29) is 5.82 Å². The Kier molecular flexibility index (Phi) is 3.59. The molecule has 0 aromatic heterocycles. The van der Waals surface area contributed by atoms with E-state index < -0.39 is 0 Å². The number of ether oxygens (including phenoxy) is 1. The van der Waals surface area contributed by atoms with Gasteiger partial charge in [0.1, 0.15) is 11.6 Å². The van der Waals surface area contributed by atoms with Crippen LogP contribution in [-0.2, 0) is 0 Å². The Morgan fingerprint density at radius 1 is 1.10 bits per heavy atom. The van der Waals surface area contributed by atoms with Crippen LogP contribution in [0.1, 0.15) is 24.3 Å². The summed E-state index contributed by atoms with van der Waals surface area (Å²) in [6, 6.07) is 15.6. The van der Waals surface area contributed by atoms with Crippen molar-refractivity contribution in [2.75, 3.05) is 12.4 Å². The van der Waals surface area contributed by atoms with Crippen molar-refractivity contribution < 1.29 is 9.13 Å². The minimum atomic E-state index is -0.275. The van der Waals surface area contributed by atoms with Crippen molar-refractivity contribution in [2.45, 2.75) is 24.8 Å². The summed E-state index contributed by atoms with van der Waals surface area (Å²) >= 11 is 0. The van der Waals surface area contributed by atoms with Crippen LogP contribution < -0.4 is 10.1 Å². The Morgan fingerprint density at radius 3 is 2.55 bits per heavy atom. The maximum Gasteiger partial charge on any atom is 0.144 e. The highest BCUT2D eigenvalue weighted by Crippen LogP contribution is 2.39. The summed E-state index contributed by atoms with van der Waals surface area (Å²) < 4.78 is 18.3. The van der Waals surface area contributed by atoms with Crippen LogP contribution in [0.2, 0.25) is 0 Å². The number of methoxy groups -OCH3 is 1. The molecule has 0 bridgehead atoms. The fraction of sp³-hybridized carbons (Fsp3) is 0.294. The third-order valence-electron chi connectivity index (χ3n) is 3.93. The maximum atomic E-state index is 13.1. The molecule has 2 aromatic carbocycles. The molecule has 1 aliphatic carbocycles. The molecule has 0 unspecified atom stereocenters. The van der Waals surface area contributed by atoms with E-state index in [9.17, 15) is 4.39 Å². The number of benzene rings is 2. The van der Waals surface area contributed by atoms with Crippen molar-refractivity contribution >= 4 is 5.69 Å². The molecule has 0 amide bonds. The van der Waals surface area contributed by atoms with Crippen molar-refractivity contribution in [1.29, 1.82) is 0 Å². The van der Waals surface area contributed by atoms with Crippen LogP contribution in [-0.4, -0.2) is 13.2 Å². The zero-order valence-corrected chi connectivity index (χ0v) is 11.5. The minimum absolute atomic E-state index is 0.275. The molecule has 3 heteroatoms. The van der Waals surface area contributed by atoms with Crippen LogP contribution in [0, 0.1) is 5.82 Å². The first-order valence-corrected chi connectivity index (χ1v) is 6.91. The van der Waals surface area contributed by atoms with E-state index in [4.69, 9.17) is 4.74 Å². The van der Waals surface area contributed by atoms with Gasteiger partial charge in [-0.3, -0.25) is 0 Å². The van der Waals surface area contributed by atoms with Gasteiger partial charge >= 0.3 is 0 Å². The topological polar surface area (TPSA) is 21.3 Å². The first kappa shape index (κ1) is 13.0. The number of anilines is 1. The second-order valence-corrected chi connectivity index (χ2v) is 5.26. The summed E-state index contributed by atoms with van der Waals surface area (Å²) in [7, 11) is 1.56. The third-order valence-corrected chi connectivity index (χ3v) is 3.93. The van der Waals surface area contributed by atoms with E-state index in [1.54, 1.807) is 13.2 Å². The molecule has 0 heterocycles. The van der Waals surface area contributed by atoms with Gasteiger partial charge in [0.2, 0.25) is 0 Å². The third kappa shape index (κ3) is 2.62. The molecular formula is C17H18FNO. The van der Waals surface area contributed by atoms with Crippen molar-refractivity contribution in [2.24, 2.45) is 0 Å². The van der Waals surface area contributed by atoms with Crippen molar-refractivity contribution in [1.82, 2.24) is 0 Å².